The van der Waals surface area contributed by atoms with Gasteiger partial charge in [0, 0.05) is 13.2 Å². The van der Waals surface area contributed by atoms with Crippen LogP contribution in [0, 0.1) is 5.92 Å². The van der Waals surface area contributed by atoms with Gasteiger partial charge in [-0.05, 0) is 26.7 Å². The first-order valence-electron chi connectivity index (χ1n) is 7.06. The molecular weight excluding hydrogens is 244 g/mol. The molecule has 2 unspecified atom stereocenters. The van der Waals surface area contributed by atoms with Crippen LogP contribution in [0.3, 0.4) is 0 Å². The quantitative estimate of drug-likeness (QED) is 0.737. The highest BCUT2D eigenvalue weighted by molar-refractivity contribution is 5.99. The Morgan fingerprint density at radius 1 is 1.37 bits per heavy atom. The van der Waals surface area contributed by atoms with E-state index in [1.165, 1.54) is 0 Å². The summed E-state index contributed by atoms with van der Waals surface area (Å²) < 4.78 is 5.32. The molecule has 0 aromatic carbocycles. The smallest absolute Gasteiger partial charge is 0.248 e. The first-order valence-corrected chi connectivity index (χ1v) is 7.06. The normalized spacial score (nSPS) is 24.3. The second-order valence-electron chi connectivity index (χ2n) is 5.64. The van der Waals surface area contributed by atoms with Gasteiger partial charge in [0.15, 0.2) is 0 Å². The van der Waals surface area contributed by atoms with E-state index in [-0.39, 0.29) is 23.8 Å². The zero-order chi connectivity index (χ0) is 14.6. The standard InChI is InChI=1S/C14H26N2O3/c1-6-10(3)11-12(17)15-14(4,5)13(18)16(11)8-9-19-7-2/h10-11H,6-9H2,1-5H3,(H,15,17). The summed E-state index contributed by atoms with van der Waals surface area (Å²) in [7, 11) is 0. The molecule has 1 aliphatic rings. The maximum absolute atomic E-state index is 12.5. The van der Waals surface area contributed by atoms with E-state index in [4.69, 9.17) is 4.74 Å². The topological polar surface area (TPSA) is 58.6 Å². The minimum atomic E-state index is -0.826. The van der Waals surface area contributed by atoms with Gasteiger partial charge in [-0.2, -0.15) is 0 Å². The van der Waals surface area contributed by atoms with E-state index in [1.807, 2.05) is 20.8 Å². The van der Waals surface area contributed by atoms with Crippen molar-refractivity contribution in [2.45, 2.75) is 52.6 Å². The molecule has 0 aliphatic carbocycles. The van der Waals surface area contributed by atoms with Crippen molar-refractivity contribution in [3.8, 4) is 0 Å². The summed E-state index contributed by atoms with van der Waals surface area (Å²) >= 11 is 0. The number of hydrogen-bond acceptors (Lipinski definition) is 3. The lowest BCUT2D eigenvalue weighted by atomic mass is 9.89. The monoisotopic (exact) mass is 270 g/mol. The molecule has 0 aromatic heterocycles. The summed E-state index contributed by atoms with van der Waals surface area (Å²) in [6.45, 7) is 11.0. The van der Waals surface area contributed by atoms with Crippen LogP contribution in [0.1, 0.15) is 41.0 Å². The number of piperazine rings is 1. The van der Waals surface area contributed by atoms with Crippen LogP contribution in [0.25, 0.3) is 0 Å². The number of hydrogen-bond donors (Lipinski definition) is 1. The fourth-order valence-corrected chi connectivity index (χ4v) is 2.40. The van der Waals surface area contributed by atoms with E-state index < -0.39 is 5.54 Å². The van der Waals surface area contributed by atoms with E-state index in [9.17, 15) is 9.59 Å². The number of nitrogens with one attached hydrogen (secondary N) is 1. The van der Waals surface area contributed by atoms with E-state index in [0.717, 1.165) is 6.42 Å². The van der Waals surface area contributed by atoms with Crippen molar-refractivity contribution in [3.05, 3.63) is 0 Å². The van der Waals surface area contributed by atoms with Crippen LogP contribution in [0.4, 0.5) is 0 Å². The molecule has 1 aliphatic heterocycles. The minimum Gasteiger partial charge on any atom is -0.380 e. The van der Waals surface area contributed by atoms with Crippen LogP contribution >= 0.6 is 0 Å². The van der Waals surface area contributed by atoms with Crippen LogP contribution in [-0.2, 0) is 14.3 Å². The van der Waals surface area contributed by atoms with Crippen LogP contribution in [0.5, 0.6) is 0 Å². The van der Waals surface area contributed by atoms with Gasteiger partial charge >= 0.3 is 0 Å². The van der Waals surface area contributed by atoms with E-state index >= 15 is 0 Å². The summed E-state index contributed by atoms with van der Waals surface area (Å²) in [6.07, 6.45) is 0.858. The Bertz CT molecular complexity index is 342. The first-order chi connectivity index (χ1) is 8.85. The largest absolute Gasteiger partial charge is 0.380 e. The Kier molecular flexibility index (Phi) is 5.35. The van der Waals surface area contributed by atoms with Crippen LogP contribution in [-0.4, -0.2) is 48.1 Å². The summed E-state index contributed by atoms with van der Waals surface area (Å²) in [5.41, 5.74) is -0.826. The van der Waals surface area contributed by atoms with Gasteiger partial charge in [-0.15, -0.1) is 0 Å². The fourth-order valence-electron chi connectivity index (χ4n) is 2.40. The van der Waals surface area contributed by atoms with Gasteiger partial charge in [0.2, 0.25) is 11.8 Å². The highest BCUT2D eigenvalue weighted by Gasteiger charge is 2.46. The highest BCUT2D eigenvalue weighted by atomic mass is 16.5. The first kappa shape index (κ1) is 16.0. The Balaban J connectivity index is 2.91. The van der Waals surface area contributed by atoms with E-state index in [1.54, 1.807) is 18.7 Å². The average molecular weight is 270 g/mol. The summed E-state index contributed by atoms with van der Waals surface area (Å²) in [5.74, 6) is 0.0502. The third-order valence-corrected chi connectivity index (χ3v) is 3.70. The Morgan fingerprint density at radius 3 is 2.53 bits per heavy atom. The molecule has 0 bridgehead atoms. The molecule has 5 nitrogen and oxygen atoms in total. The maximum Gasteiger partial charge on any atom is 0.248 e. The Hall–Kier alpha value is -1.10. The van der Waals surface area contributed by atoms with Gasteiger partial charge < -0.3 is 15.0 Å². The maximum atomic E-state index is 12.5. The number of carbonyl (C=O) groups excluding carboxylic acids is 2. The van der Waals surface area contributed by atoms with Crippen molar-refractivity contribution < 1.29 is 14.3 Å². The molecule has 2 atom stereocenters. The SMILES string of the molecule is CCOCCN1C(=O)C(C)(C)NC(=O)C1C(C)CC. The molecule has 0 spiro atoms. The molecule has 2 amide bonds. The molecule has 0 saturated carbocycles. The predicted molar refractivity (Wildman–Crippen MR) is 73.7 cm³/mol. The molecule has 0 radical (unpaired) electrons. The molecule has 1 rings (SSSR count). The highest BCUT2D eigenvalue weighted by Crippen LogP contribution is 2.24. The molecule has 1 heterocycles. The zero-order valence-electron chi connectivity index (χ0n) is 12.7. The molecule has 5 heteroatoms. The predicted octanol–water partition coefficient (Wildman–Crippen LogP) is 1.17. The lowest BCUT2D eigenvalue weighted by Crippen LogP contribution is -2.69. The minimum absolute atomic E-state index is 0.0305. The lowest BCUT2D eigenvalue weighted by molar-refractivity contribution is -0.156. The molecule has 1 N–H and O–H groups in total. The molecular formula is C14H26N2O3. The van der Waals surface area contributed by atoms with Crippen LogP contribution < -0.4 is 5.32 Å². The molecule has 1 fully saturated rings. The number of amides is 2. The van der Waals surface area contributed by atoms with Crippen LogP contribution in [0.15, 0.2) is 0 Å². The van der Waals surface area contributed by atoms with E-state index in [0.29, 0.717) is 19.8 Å². The summed E-state index contributed by atoms with van der Waals surface area (Å²) in [4.78, 5) is 26.4. The van der Waals surface area contributed by atoms with Gasteiger partial charge in [-0.1, -0.05) is 20.3 Å². The lowest BCUT2D eigenvalue weighted by Gasteiger charge is -2.44. The zero-order valence-corrected chi connectivity index (χ0v) is 12.7. The van der Waals surface area contributed by atoms with Gasteiger partial charge in [-0.3, -0.25) is 9.59 Å². The van der Waals surface area contributed by atoms with Gasteiger partial charge in [0.05, 0.1) is 6.61 Å². The Morgan fingerprint density at radius 2 is 2.00 bits per heavy atom. The van der Waals surface area contributed by atoms with Gasteiger partial charge in [0.1, 0.15) is 11.6 Å². The average Bonchev–Trinajstić information content (AvgIpc) is 2.34. The van der Waals surface area contributed by atoms with Gasteiger partial charge in [-0.25, -0.2) is 0 Å². The third kappa shape index (κ3) is 3.47. The summed E-state index contributed by atoms with van der Waals surface area (Å²) in [5, 5.41) is 2.82. The van der Waals surface area contributed by atoms with Crippen molar-refractivity contribution in [1.82, 2.24) is 10.2 Å². The molecule has 19 heavy (non-hydrogen) atoms. The second-order valence-corrected chi connectivity index (χ2v) is 5.64. The van der Waals surface area contributed by atoms with Crippen molar-refractivity contribution in [2.75, 3.05) is 19.8 Å². The van der Waals surface area contributed by atoms with Crippen molar-refractivity contribution in [3.63, 3.8) is 0 Å². The number of nitrogens with zero attached hydrogens (tertiary/aromatic N) is 1. The van der Waals surface area contributed by atoms with Crippen molar-refractivity contribution in [2.24, 2.45) is 5.92 Å². The van der Waals surface area contributed by atoms with Gasteiger partial charge in [0.25, 0.3) is 0 Å². The van der Waals surface area contributed by atoms with Crippen molar-refractivity contribution >= 4 is 11.8 Å². The number of ether oxygens (including phenoxy) is 1. The van der Waals surface area contributed by atoms with Crippen molar-refractivity contribution in [1.29, 1.82) is 0 Å². The second kappa shape index (κ2) is 6.37. The molecule has 110 valence electrons. The fraction of sp³-hybridized carbons (Fsp3) is 0.857. The number of carbonyl (C=O) groups is 2. The van der Waals surface area contributed by atoms with Crippen LogP contribution in [0.2, 0.25) is 0 Å². The number of rotatable bonds is 6. The summed E-state index contributed by atoms with van der Waals surface area (Å²) in [6, 6.07) is -0.383. The Labute approximate surface area is 115 Å². The third-order valence-electron chi connectivity index (χ3n) is 3.70. The molecule has 1 saturated heterocycles. The molecule has 0 aromatic rings. The van der Waals surface area contributed by atoms with E-state index in [2.05, 4.69) is 5.32 Å².